The number of hydrogen-bond donors (Lipinski definition) is 3. The lowest BCUT2D eigenvalue weighted by molar-refractivity contribution is 0.0683. The van der Waals surface area contributed by atoms with E-state index in [0.29, 0.717) is 0 Å². The van der Waals surface area contributed by atoms with Gasteiger partial charge in [0, 0.05) is 6.20 Å². The second kappa shape index (κ2) is 4.73. The average molecular weight is 259 g/mol. The Morgan fingerprint density at radius 1 is 1.05 bits per heavy atom. The first-order valence-corrected chi connectivity index (χ1v) is 5.18. The Bertz CT molecular complexity index is 670. The molecule has 0 aliphatic rings. The van der Waals surface area contributed by atoms with Crippen molar-refractivity contribution in [1.29, 1.82) is 0 Å². The van der Waals surface area contributed by atoms with Crippen LogP contribution in [0.25, 0.3) is 11.4 Å². The van der Waals surface area contributed by atoms with E-state index in [-0.39, 0.29) is 28.3 Å². The van der Waals surface area contributed by atoms with Gasteiger partial charge in [-0.15, -0.1) is 0 Å². The summed E-state index contributed by atoms with van der Waals surface area (Å²) in [4.78, 5) is 29.6. The fraction of sp³-hybridized carbons (Fsp3) is 0. The van der Waals surface area contributed by atoms with Gasteiger partial charge in [0.2, 0.25) is 0 Å². The zero-order valence-electron chi connectivity index (χ0n) is 9.57. The Morgan fingerprint density at radius 2 is 1.79 bits per heavy atom. The van der Waals surface area contributed by atoms with Crippen molar-refractivity contribution in [1.82, 2.24) is 9.97 Å². The van der Waals surface area contributed by atoms with Gasteiger partial charge in [-0.25, -0.2) is 14.6 Å². The van der Waals surface area contributed by atoms with Gasteiger partial charge in [-0.1, -0.05) is 0 Å². The number of carboxylic acids is 2. The van der Waals surface area contributed by atoms with Crippen LogP contribution < -0.4 is 5.73 Å². The third-order valence-electron chi connectivity index (χ3n) is 2.40. The van der Waals surface area contributed by atoms with Crippen molar-refractivity contribution in [2.45, 2.75) is 0 Å². The number of aromatic carboxylic acids is 2. The molecular weight excluding hydrogens is 250 g/mol. The Balaban J connectivity index is 2.53. The molecule has 0 saturated heterocycles. The second-order valence-electron chi connectivity index (χ2n) is 3.67. The minimum Gasteiger partial charge on any atom is -0.478 e. The second-order valence-corrected chi connectivity index (χ2v) is 3.67. The van der Waals surface area contributed by atoms with Crippen molar-refractivity contribution in [3.63, 3.8) is 0 Å². The quantitative estimate of drug-likeness (QED) is 0.753. The number of carbonyl (C=O) groups is 2. The standard InChI is InChI=1S/C12H9N3O4/c13-7-1-2-8(15-10(7)12(18)19)9-5-6(11(16)17)3-4-14-9/h1-5H,13H2,(H,16,17)(H,18,19). The van der Waals surface area contributed by atoms with Crippen LogP contribution in [0.2, 0.25) is 0 Å². The molecular formula is C12H9N3O4. The number of aromatic nitrogens is 2. The van der Waals surface area contributed by atoms with E-state index in [1.807, 2.05) is 0 Å². The summed E-state index contributed by atoms with van der Waals surface area (Å²) >= 11 is 0. The van der Waals surface area contributed by atoms with Crippen molar-refractivity contribution >= 4 is 17.6 Å². The summed E-state index contributed by atoms with van der Waals surface area (Å²) in [5.41, 5.74) is 5.78. The maximum Gasteiger partial charge on any atom is 0.356 e. The highest BCUT2D eigenvalue weighted by atomic mass is 16.4. The minimum atomic E-state index is -1.26. The largest absolute Gasteiger partial charge is 0.478 e. The molecule has 2 heterocycles. The van der Waals surface area contributed by atoms with Gasteiger partial charge in [-0.05, 0) is 24.3 Å². The van der Waals surface area contributed by atoms with Gasteiger partial charge in [0.25, 0.3) is 0 Å². The first kappa shape index (κ1) is 12.5. The van der Waals surface area contributed by atoms with Crippen molar-refractivity contribution in [2.24, 2.45) is 0 Å². The molecule has 0 aliphatic heterocycles. The molecule has 0 spiro atoms. The maximum atomic E-state index is 10.9. The van der Waals surface area contributed by atoms with Crippen molar-refractivity contribution < 1.29 is 19.8 Å². The average Bonchev–Trinajstić information content (AvgIpc) is 2.39. The maximum absolute atomic E-state index is 10.9. The molecule has 4 N–H and O–H groups in total. The SMILES string of the molecule is Nc1ccc(-c2cc(C(=O)O)ccn2)nc1C(=O)O. The number of carboxylic acid groups (broad SMARTS) is 2. The van der Waals surface area contributed by atoms with Crippen LogP contribution in [0.4, 0.5) is 5.69 Å². The van der Waals surface area contributed by atoms with E-state index < -0.39 is 11.9 Å². The first-order valence-electron chi connectivity index (χ1n) is 5.18. The molecule has 19 heavy (non-hydrogen) atoms. The number of hydrogen-bond acceptors (Lipinski definition) is 5. The van der Waals surface area contributed by atoms with E-state index in [1.165, 1.54) is 30.5 Å². The lowest BCUT2D eigenvalue weighted by Gasteiger charge is -2.04. The van der Waals surface area contributed by atoms with E-state index in [1.54, 1.807) is 0 Å². The lowest BCUT2D eigenvalue weighted by atomic mass is 10.1. The van der Waals surface area contributed by atoms with Crippen LogP contribution in [-0.4, -0.2) is 32.1 Å². The third-order valence-corrected chi connectivity index (χ3v) is 2.40. The number of anilines is 1. The molecule has 0 unspecified atom stereocenters. The molecule has 0 radical (unpaired) electrons. The van der Waals surface area contributed by atoms with Crippen molar-refractivity contribution in [3.05, 3.63) is 41.7 Å². The van der Waals surface area contributed by atoms with Gasteiger partial charge in [-0.2, -0.15) is 0 Å². The van der Waals surface area contributed by atoms with Crippen LogP contribution >= 0.6 is 0 Å². The molecule has 0 bridgehead atoms. The highest BCUT2D eigenvalue weighted by molar-refractivity contribution is 5.92. The summed E-state index contributed by atoms with van der Waals surface area (Å²) in [6, 6.07) is 5.52. The van der Waals surface area contributed by atoms with Gasteiger partial charge in [0.1, 0.15) is 0 Å². The lowest BCUT2D eigenvalue weighted by Crippen LogP contribution is -2.06. The number of nitrogens with two attached hydrogens (primary N) is 1. The summed E-state index contributed by atoms with van der Waals surface area (Å²) in [6.45, 7) is 0. The molecule has 96 valence electrons. The molecule has 2 rings (SSSR count). The Morgan fingerprint density at radius 3 is 2.42 bits per heavy atom. The van der Waals surface area contributed by atoms with Crippen LogP contribution in [-0.2, 0) is 0 Å². The van der Waals surface area contributed by atoms with E-state index >= 15 is 0 Å². The third kappa shape index (κ3) is 2.49. The van der Waals surface area contributed by atoms with E-state index in [9.17, 15) is 9.59 Å². The highest BCUT2D eigenvalue weighted by Crippen LogP contribution is 2.19. The Kier molecular flexibility index (Phi) is 3.11. The summed E-state index contributed by atoms with van der Waals surface area (Å²) in [6.07, 6.45) is 1.32. The van der Waals surface area contributed by atoms with Crippen LogP contribution in [0.5, 0.6) is 0 Å². The predicted octanol–water partition coefficient (Wildman–Crippen LogP) is 1.12. The number of nitrogens with zero attached hydrogens (tertiary/aromatic N) is 2. The number of rotatable bonds is 3. The Labute approximate surface area is 107 Å². The van der Waals surface area contributed by atoms with E-state index in [4.69, 9.17) is 15.9 Å². The van der Waals surface area contributed by atoms with Crippen LogP contribution in [0, 0.1) is 0 Å². The van der Waals surface area contributed by atoms with E-state index in [0.717, 1.165) is 0 Å². The molecule has 7 heteroatoms. The van der Waals surface area contributed by atoms with Gasteiger partial charge in [0.05, 0.1) is 22.6 Å². The fourth-order valence-corrected chi connectivity index (χ4v) is 1.49. The predicted molar refractivity (Wildman–Crippen MR) is 65.8 cm³/mol. The monoisotopic (exact) mass is 259 g/mol. The number of nitrogen functional groups attached to an aromatic ring is 1. The topological polar surface area (TPSA) is 126 Å². The van der Waals surface area contributed by atoms with Crippen molar-refractivity contribution in [2.75, 3.05) is 5.73 Å². The van der Waals surface area contributed by atoms with Crippen molar-refractivity contribution in [3.8, 4) is 11.4 Å². The normalized spacial score (nSPS) is 10.1. The molecule has 0 atom stereocenters. The molecule has 0 fully saturated rings. The van der Waals surface area contributed by atoms with Crippen LogP contribution in [0.15, 0.2) is 30.5 Å². The molecule has 2 aromatic heterocycles. The molecule has 0 saturated carbocycles. The van der Waals surface area contributed by atoms with E-state index in [2.05, 4.69) is 9.97 Å². The zero-order chi connectivity index (χ0) is 14.0. The van der Waals surface area contributed by atoms with Gasteiger partial charge < -0.3 is 15.9 Å². The number of pyridine rings is 2. The Hall–Kier alpha value is -2.96. The van der Waals surface area contributed by atoms with Gasteiger partial charge in [-0.3, -0.25) is 4.98 Å². The summed E-state index contributed by atoms with van der Waals surface area (Å²) < 4.78 is 0. The highest BCUT2D eigenvalue weighted by Gasteiger charge is 2.13. The summed E-state index contributed by atoms with van der Waals surface area (Å²) in [5.74, 6) is -2.36. The molecule has 2 aromatic rings. The molecule has 0 aliphatic carbocycles. The summed E-state index contributed by atoms with van der Waals surface area (Å²) in [5, 5.41) is 17.8. The molecule has 0 aromatic carbocycles. The van der Waals surface area contributed by atoms with Crippen LogP contribution in [0.1, 0.15) is 20.8 Å². The molecule has 7 nitrogen and oxygen atoms in total. The zero-order valence-corrected chi connectivity index (χ0v) is 9.57. The van der Waals surface area contributed by atoms with Gasteiger partial charge in [0.15, 0.2) is 5.69 Å². The molecule has 0 amide bonds. The minimum absolute atomic E-state index is 0.0330. The smallest absolute Gasteiger partial charge is 0.356 e. The van der Waals surface area contributed by atoms with Crippen LogP contribution in [0.3, 0.4) is 0 Å². The fourth-order valence-electron chi connectivity index (χ4n) is 1.49. The first-order chi connectivity index (χ1) is 8.99. The van der Waals surface area contributed by atoms with Gasteiger partial charge >= 0.3 is 11.9 Å². The summed E-state index contributed by atoms with van der Waals surface area (Å²) in [7, 11) is 0.